The molecule has 0 aliphatic rings. The van der Waals surface area contributed by atoms with Crippen LogP contribution in [0.1, 0.15) is 29.4 Å². The summed E-state index contributed by atoms with van der Waals surface area (Å²) in [6.45, 7) is 8.46. The Balaban J connectivity index is 2.27. The number of thiazole rings is 1. The van der Waals surface area contributed by atoms with Crippen LogP contribution in [-0.4, -0.2) is 35.3 Å². The molecule has 2 unspecified atom stereocenters. The summed E-state index contributed by atoms with van der Waals surface area (Å²) in [5.41, 5.74) is 1.06. The highest BCUT2D eigenvalue weighted by molar-refractivity contribution is 7.11. The second-order valence-electron chi connectivity index (χ2n) is 4.85. The van der Waals surface area contributed by atoms with Crippen molar-refractivity contribution in [1.29, 1.82) is 0 Å². The molecule has 0 aliphatic heterocycles. The third-order valence-electron chi connectivity index (χ3n) is 3.20. The summed E-state index contributed by atoms with van der Waals surface area (Å²) in [5, 5.41) is 15.7. The molecule has 5 nitrogen and oxygen atoms in total. The molecule has 0 saturated heterocycles. The average molecular weight is 285 g/mol. The first-order valence-electron chi connectivity index (χ1n) is 6.52. The van der Waals surface area contributed by atoms with E-state index in [0.29, 0.717) is 6.54 Å². The number of nitrogens with one attached hydrogen (secondary N) is 2. The summed E-state index contributed by atoms with van der Waals surface area (Å²) in [4.78, 5) is 17.3. The fourth-order valence-electron chi connectivity index (χ4n) is 1.49. The largest absolute Gasteiger partial charge is 0.396 e. The molecule has 0 aliphatic carbocycles. The van der Waals surface area contributed by atoms with Crippen LogP contribution in [0.5, 0.6) is 0 Å². The molecule has 0 bridgehead atoms. The smallest absolute Gasteiger partial charge is 0.315 e. The van der Waals surface area contributed by atoms with Crippen LogP contribution < -0.4 is 10.6 Å². The van der Waals surface area contributed by atoms with Gasteiger partial charge in [0.25, 0.3) is 0 Å². The van der Waals surface area contributed by atoms with E-state index in [1.54, 1.807) is 11.3 Å². The molecule has 2 amide bonds. The van der Waals surface area contributed by atoms with E-state index in [1.165, 1.54) is 4.88 Å². The van der Waals surface area contributed by atoms with Gasteiger partial charge in [-0.05, 0) is 26.7 Å². The van der Waals surface area contributed by atoms with Gasteiger partial charge in [0.15, 0.2) is 0 Å². The molecule has 0 fully saturated rings. The van der Waals surface area contributed by atoms with Gasteiger partial charge in [-0.2, -0.15) is 0 Å². The maximum atomic E-state index is 11.6. The Morgan fingerprint density at radius 3 is 2.63 bits per heavy atom. The van der Waals surface area contributed by atoms with Gasteiger partial charge in [-0.1, -0.05) is 6.92 Å². The quantitative estimate of drug-likeness (QED) is 0.743. The molecule has 3 N–H and O–H groups in total. The molecular formula is C13H23N3O2S. The van der Waals surface area contributed by atoms with Crippen LogP contribution in [0.3, 0.4) is 0 Å². The molecule has 0 radical (unpaired) electrons. The fourth-order valence-corrected chi connectivity index (χ4v) is 2.42. The maximum absolute atomic E-state index is 11.6. The molecule has 2 atom stereocenters. The number of carbonyl (C=O) groups excluding carboxylic acids is 1. The number of hydrogen-bond acceptors (Lipinski definition) is 4. The topological polar surface area (TPSA) is 74.2 Å². The number of aliphatic hydroxyl groups excluding tert-OH is 1. The number of hydrogen-bond donors (Lipinski definition) is 3. The van der Waals surface area contributed by atoms with Crippen molar-refractivity contribution in [2.75, 3.05) is 13.2 Å². The van der Waals surface area contributed by atoms with Gasteiger partial charge in [0, 0.05) is 30.5 Å². The number of aryl methyl sites for hydroxylation is 2. The second-order valence-corrected chi connectivity index (χ2v) is 6.14. The molecule has 1 aromatic rings. The molecule has 0 aromatic carbocycles. The summed E-state index contributed by atoms with van der Waals surface area (Å²) in [5.74, 6) is 0.0509. The van der Waals surface area contributed by atoms with Crippen LogP contribution >= 0.6 is 11.3 Å². The Morgan fingerprint density at radius 1 is 1.42 bits per heavy atom. The highest BCUT2D eigenvalue weighted by atomic mass is 32.1. The Kier molecular flexibility index (Phi) is 6.24. The Bertz CT molecular complexity index is 401. The van der Waals surface area contributed by atoms with Crippen molar-refractivity contribution in [2.24, 2.45) is 5.92 Å². The van der Waals surface area contributed by atoms with E-state index in [-0.39, 0.29) is 24.6 Å². The van der Waals surface area contributed by atoms with Crippen LogP contribution in [0, 0.1) is 19.8 Å². The fraction of sp³-hybridized carbons (Fsp3) is 0.692. The lowest BCUT2D eigenvalue weighted by molar-refractivity contribution is 0.200. The van der Waals surface area contributed by atoms with Gasteiger partial charge in [0.05, 0.1) is 10.7 Å². The lowest BCUT2D eigenvalue weighted by Crippen LogP contribution is -2.44. The number of urea groups is 1. The third-order valence-corrected chi connectivity index (χ3v) is 4.33. The zero-order chi connectivity index (χ0) is 14.4. The molecule has 19 heavy (non-hydrogen) atoms. The summed E-state index contributed by atoms with van der Waals surface area (Å²) in [6, 6.07) is -0.243. The van der Waals surface area contributed by atoms with E-state index in [1.807, 2.05) is 20.8 Å². The van der Waals surface area contributed by atoms with E-state index >= 15 is 0 Å². The standard InChI is InChI=1S/C13H23N3O2S/c1-8(7-17)9(2)16-13(18)14-6-5-12-15-10(3)11(4)19-12/h8-9,17H,5-7H2,1-4H3,(H2,14,16,18). The minimum Gasteiger partial charge on any atom is -0.396 e. The summed E-state index contributed by atoms with van der Waals surface area (Å²) >= 11 is 1.67. The summed E-state index contributed by atoms with van der Waals surface area (Å²) < 4.78 is 0. The zero-order valence-corrected chi connectivity index (χ0v) is 12.8. The van der Waals surface area contributed by atoms with Gasteiger partial charge in [-0.25, -0.2) is 9.78 Å². The van der Waals surface area contributed by atoms with Crippen LogP contribution in [0.2, 0.25) is 0 Å². The first kappa shape index (κ1) is 15.9. The van der Waals surface area contributed by atoms with E-state index in [0.717, 1.165) is 17.1 Å². The number of amides is 2. The van der Waals surface area contributed by atoms with Crippen LogP contribution in [-0.2, 0) is 6.42 Å². The minimum atomic E-state index is -0.196. The predicted molar refractivity (Wildman–Crippen MR) is 77.5 cm³/mol. The van der Waals surface area contributed by atoms with E-state index in [4.69, 9.17) is 5.11 Å². The lowest BCUT2D eigenvalue weighted by atomic mass is 10.1. The van der Waals surface area contributed by atoms with Gasteiger partial charge < -0.3 is 15.7 Å². The number of aliphatic hydroxyl groups is 1. The molecule has 6 heteroatoms. The van der Waals surface area contributed by atoms with Crippen molar-refractivity contribution in [3.05, 3.63) is 15.6 Å². The number of rotatable bonds is 6. The molecule has 0 spiro atoms. The number of aromatic nitrogens is 1. The minimum absolute atomic E-state index is 0.0469. The normalized spacial score (nSPS) is 13.9. The number of carbonyl (C=O) groups is 1. The van der Waals surface area contributed by atoms with Crippen molar-refractivity contribution in [3.8, 4) is 0 Å². The van der Waals surface area contributed by atoms with Crippen LogP contribution in [0.4, 0.5) is 4.79 Å². The maximum Gasteiger partial charge on any atom is 0.315 e. The first-order valence-corrected chi connectivity index (χ1v) is 7.33. The molecule has 1 heterocycles. The predicted octanol–water partition coefficient (Wildman–Crippen LogP) is 1.62. The molecule has 1 rings (SSSR count). The van der Waals surface area contributed by atoms with E-state index in [2.05, 4.69) is 22.5 Å². The Hall–Kier alpha value is -1.14. The highest BCUT2D eigenvalue weighted by Gasteiger charge is 2.13. The Morgan fingerprint density at radius 2 is 2.11 bits per heavy atom. The molecule has 0 saturated carbocycles. The summed E-state index contributed by atoms with van der Waals surface area (Å²) in [7, 11) is 0. The molecule has 1 aromatic heterocycles. The number of nitrogens with zero attached hydrogens (tertiary/aromatic N) is 1. The van der Waals surface area contributed by atoms with E-state index in [9.17, 15) is 4.79 Å². The monoisotopic (exact) mass is 285 g/mol. The second kappa shape index (κ2) is 7.45. The van der Waals surface area contributed by atoms with Crippen LogP contribution in [0.15, 0.2) is 0 Å². The first-order chi connectivity index (χ1) is 8.93. The van der Waals surface area contributed by atoms with Crippen molar-refractivity contribution >= 4 is 17.4 Å². The van der Waals surface area contributed by atoms with Crippen molar-refractivity contribution < 1.29 is 9.90 Å². The van der Waals surface area contributed by atoms with Crippen molar-refractivity contribution in [3.63, 3.8) is 0 Å². The molecule has 108 valence electrons. The van der Waals surface area contributed by atoms with Gasteiger partial charge in [-0.15, -0.1) is 11.3 Å². The van der Waals surface area contributed by atoms with Gasteiger partial charge in [0.2, 0.25) is 0 Å². The van der Waals surface area contributed by atoms with E-state index < -0.39 is 0 Å². The highest BCUT2D eigenvalue weighted by Crippen LogP contribution is 2.16. The Labute approximate surface area is 118 Å². The summed E-state index contributed by atoms with van der Waals surface area (Å²) in [6.07, 6.45) is 0.747. The van der Waals surface area contributed by atoms with Gasteiger partial charge >= 0.3 is 6.03 Å². The lowest BCUT2D eigenvalue weighted by Gasteiger charge is -2.19. The molecular weight excluding hydrogens is 262 g/mol. The van der Waals surface area contributed by atoms with Gasteiger partial charge in [-0.3, -0.25) is 0 Å². The van der Waals surface area contributed by atoms with Gasteiger partial charge in [0.1, 0.15) is 0 Å². The van der Waals surface area contributed by atoms with Crippen LogP contribution in [0.25, 0.3) is 0 Å². The van der Waals surface area contributed by atoms with Crippen molar-refractivity contribution in [2.45, 2.75) is 40.2 Å². The average Bonchev–Trinajstić information content (AvgIpc) is 2.67. The zero-order valence-electron chi connectivity index (χ0n) is 12.0. The third kappa shape index (κ3) is 5.16. The van der Waals surface area contributed by atoms with Crippen molar-refractivity contribution in [1.82, 2.24) is 15.6 Å². The SMILES string of the molecule is Cc1nc(CCNC(=O)NC(C)C(C)CO)sc1C.